The van der Waals surface area contributed by atoms with E-state index in [-0.39, 0.29) is 18.6 Å². The number of amides is 2. The van der Waals surface area contributed by atoms with Crippen molar-refractivity contribution >= 4 is 23.7 Å². The standard InChI is InChI=1S/C21H23N3O3/c1-15-9-11-17(12-10-15)23-20(25)13-22-27-14-21(26)24-19-8-4-6-16-5-2-3-7-18(16)19/h2-3,5,7,9-13,19H,4,6,8,14H2,1H3,(H,23,25)(H,24,26)/b22-13-/t19-/m0/s1. The first-order valence-corrected chi connectivity index (χ1v) is 9.02. The largest absolute Gasteiger partial charge is 0.386 e. The summed E-state index contributed by atoms with van der Waals surface area (Å²) in [6.45, 7) is 1.74. The highest BCUT2D eigenvalue weighted by molar-refractivity contribution is 6.31. The first kappa shape index (κ1) is 18.6. The smallest absolute Gasteiger partial charge is 0.270 e. The Kier molecular flexibility index (Phi) is 6.20. The summed E-state index contributed by atoms with van der Waals surface area (Å²) in [6, 6.07) is 15.6. The highest BCUT2D eigenvalue weighted by Gasteiger charge is 2.21. The van der Waals surface area contributed by atoms with E-state index in [0.717, 1.165) is 36.6 Å². The third-order valence-corrected chi connectivity index (χ3v) is 4.46. The molecule has 0 saturated carbocycles. The molecule has 0 aromatic heterocycles. The van der Waals surface area contributed by atoms with Gasteiger partial charge in [0.1, 0.15) is 6.21 Å². The maximum Gasteiger partial charge on any atom is 0.270 e. The van der Waals surface area contributed by atoms with Crippen LogP contribution in [-0.4, -0.2) is 24.6 Å². The van der Waals surface area contributed by atoms with Crippen LogP contribution in [0.3, 0.4) is 0 Å². The zero-order valence-corrected chi connectivity index (χ0v) is 15.3. The number of benzene rings is 2. The molecule has 0 bridgehead atoms. The third kappa shape index (κ3) is 5.41. The number of hydrogen-bond donors (Lipinski definition) is 2. The lowest BCUT2D eigenvalue weighted by molar-refractivity contribution is -0.126. The predicted octanol–water partition coefficient (Wildman–Crippen LogP) is 3.13. The van der Waals surface area contributed by atoms with Crippen molar-refractivity contribution in [1.82, 2.24) is 5.32 Å². The van der Waals surface area contributed by atoms with Crippen LogP contribution in [0, 0.1) is 6.92 Å². The maximum atomic E-state index is 12.1. The lowest BCUT2D eigenvalue weighted by Gasteiger charge is -2.26. The normalized spacial score (nSPS) is 15.8. The number of fused-ring (bicyclic) bond motifs is 1. The average molecular weight is 365 g/mol. The maximum absolute atomic E-state index is 12.1. The van der Waals surface area contributed by atoms with Crippen molar-refractivity contribution in [3.8, 4) is 0 Å². The molecule has 0 aliphatic heterocycles. The number of hydrogen-bond acceptors (Lipinski definition) is 4. The Morgan fingerprint density at radius 1 is 1.19 bits per heavy atom. The summed E-state index contributed by atoms with van der Waals surface area (Å²) >= 11 is 0. The zero-order chi connectivity index (χ0) is 19.1. The first-order valence-electron chi connectivity index (χ1n) is 9.02. The molecule has 3 rings (SSSR count). The molecule has 2 aromatic carbocycles. The van der Waals surface area contributed by atoms with E-state index in [1.807, 2.05) is 37.3 Å². The van der Waals surface area contributed by atoms with E-state index in [4.69, 9.17) is 4.84 Å². The summed E-state index contributed by atoms with van der Waals surface area (Å²) < 4.78 is 0. The minimum Gasteiger partial charge on any atom is -0.386 e. The van der Waals surface area contributed by atoms with Crippen molar-refractivity contribution in [1.29, 1.82) is 0 Å². The van der Waals surface area contributed by atoms with Gasteiger partial charge in [-0.2, -0.15) is 0 Å². The van der Waals surface area contributed by atoms with E-state index in [1.54, 1.807) is 12.1 Å². The minimum absolute atomic E-state index is 0.000125. The molecule has 0 radical (unpaired) electrons. The molecule has 2 amide bonds. The Balaban J connectivity index is 1.42. The van der Waals surface area contributed by atoms with Crippen LogP contribution >= 0.6 is 0 Å². The van der Waals surface area contributed by atoms with E-state index < -0.39 is 5.91 Å². The van der Waals surface area contributed by atoms with Gasteiger partial charge in [-0.05, 0) is 49.4 Å². The molecule has 1 atom stereocenters. The number of carbonyl (C=O) groups is 2. The van der Waals surface area contributed by atoms with E-state index >= 15 is 0 Å². The lowest BCUT2D eigenvalue weighted by Crippen LogP contribution is -2.33. The summed E-state index contributed by atoms with van der Waals surface area (Å²) in [5, 5.41) is 9.20. The van der Waals surface area contributed by atoms with E-state index in [1.165, 1.54) is 5.56 Å². The number of nitrogens with zero attached hydrogens (tertiary/aromatic N) is 1. The van der Waals surface area contributed by atoms with Gasteiger partial charge in [0.2, 0.25) is 0 Å². The summed E-state index contributed by atoms with van der Waals surface area (Å²) in [5.41, 5.74) is 4.22. The second kappa shape index (κ2) is 8.98. The van der Waals surface area contributed by atoms with Gasteiger partial charge in [0.05, 0.1) is 6.04 Å². The van der Waals surface area contributed by atoms with Crippen molar-refractivity contribution in [3.05, 3.63) is 65.2 Å². The van der Waals surface area contributed by atoms with Crippen molar-refractivity contribution in [2.24, 2.45) is 5.16 Å². The van der Waals surface area contributed by atoms with Crippen LogP contribution in [0.25, 0.3) is 0 Å². The highest BCUT2D eigenvalue weighted by Crippen LogP contribution is 2.29. The van der Waals surface area contributed by atoms with Gasteiger partial charge in [0, 0.05) is 5.69 Å². The zero-order valence-electron chi connectivity index (χ0n) is 15.3. The van der Waals surface area contributed by atoms with Crippen LogP contribution in [0.15, 0.2) is 53.7 Å². The molecular weight excluding hydrogens is 342 g/mol. The third-order valence-electron chi connectivity index (χ3n) is 4.46. The molecule has 0 spiro atoms. The van der Waals surface area contributed by atoms with E-state index in [0.29, 0.717) is 5.69 Å². The molecular formula is C21H23N3O3. The van der Waals surface area contributed by atoms with Crippen LogP contribution in [-0.2, 0) is 20.8 Å². The summed E-state index contributed by atoms with van der Waals surface area (Å²) in [7, 11) is 0. The number of nitrogens with one attached hydrogen (secondary N) is 2. The fraction of sp³-hybridized carbons (Fsp3) is 0.286. The molecule has 0 heterocycles. The summed E-state index contributed by atoms with van der Waals surface area (Å²) in [5.74, 6) is -0.673. The molecule has 1 aliphatic rings. The second-order valence-corrected chi connectivity index (χ2v) is 6.57. The van der Waals surface area contributed by atoms with Crippen LogP contribution in [0.5, 0.6) is 0 Å². The van der Waals surface area contributed by atoms with Crippen molar-refractivity contribution < 1.29 is 14.4 Å². The number of rotatable bonds is 6. The van der Waals surface area contributed by atoms with Crippen LogP contribution in [0.2, 0.25) is 0 Å². The van der Waals surface area contributed by atoms with Crippen molar-refractivity contribution in [2.75, 3.05) is 11.9 Å². The molecule has 27 heavy (non-hydrogen) atoms. The number of aryl methyl sites for hydroxylation is 2. The predicted molar refractivity (Wildman–Crippen MR) is 105 cm³/mol. The monoisotopic (exact) mass is 365 g/mol. The minimum atomic E-state index is -0.416. The number of oxime groups is 1. The fourth-order valence-electron chi connectivity index (χ4n) is 3.13. The lowest BCUT2D eigenvalue weighted by atomic mass is 9.88. The Bertz CT molecular complexity index is 831. The topological polar surface area (TPSA) is 79.8 Å². The van der Waals surface area contributed by atoms with Gasteiger partial charge in [0.15, 0.2) is 6.61 Å². The molecule has 0 saturated heterocycles. The van der Waals surface area contributed by atoms with Crippen LogP contribution in [0.1, 0.15) is 35.6 Å². The van der Waals surface area contributed by atoms with Gasteiger partial charge >= 0.3 is 0 Å². The molecule has 140 valence electrons. The fourth-order valence-corrected chi connectivity index (χ4v) is 3.13. The van der Waals surface area contributed by atoms with Gasteiger partial charge in [-0.1, -0.05) is 47.1 Å². The van der Waals surface area contributed by atoms with Crippen LogP contribution in [0.4, 0.5) is 5.69 Å². The number of anilines is 1. The Hall–Kier alpha value is -3.15. The van der Waals surface area contributed by atoms with E-state index in [2.05, 4.69) is 21.9 Å². The Labute approximate surface area is 158 Å². The SMILES string of the molecule is Cc1ccc(NC(=O)/C=N\OCC(=O)N[C@H]2CCCc3ccccc32)cc1. The average Bonchev–Trinajstić information content (AvgIpc) is 2.67. The molecule has 0 unspecified atom stereocenters. The summed E-state index contributed by atoms with van der Waals surface area (Å²) in [6.07, 6.45) is 4.01. The molecule has 6 nitrogen and oxygen atoms in total. The van der Waals surface area contributed by atoms with Crippen molar-refractivity contribution in [2.45, 2.75) is 32.2 Å². The molecule has 2 N–H and O–H groups in total. The van der Waals surface area contributed by atoms with Gasteiger partial charge in [-0.3, -0.25) is 9.59 Å². The van der Waals surface area contributed by atoms with E-state index in [9.17, 15) is 9.59 Å². The Morgan fingerprint density at radius 3 is 2.78 bits per heavy atom. The van der Waals surface area contributed by atoms with Gasteiger partial charge in [-0.25, -0.2) is 0 Å². The molecule has 1 aliphatic carbocycles. The summed E-state index contributed by atoms with van der Waals surface area (Å²) in [4.78, 5) is 28.8. The van der Waals surface area contributed by atoms with Gasteiger partial charge in [0.25, 0.3) is 11.8 Å². The first-order chi connectivity index (χ1) is 13.1. The van der Waals surface area contributed by atoms with Gasteiger partial charge in [-0.15, -0.1) is 0 Å². The van der Waals surface area contributed by atoms with Crippen LogP contribution < -0.4 is 10.6 Å². The molecule has 0 fully saturated rings. The quantitative estimate of drug-likeness (QED) is 0.610. The molecule has 6 heteroatoms. The molecule has 2 aromatic rings. The highest BCUT2D eigenvalue weighted by atomic mass is 16.6. The second-order valence-electron chi connectivity index (χ2n) is 6.57. The number of carbonyl (C=O) groups excluding carboxylic acids is 2. The van der Waals surface area contributed by atoms with Gasteiger partial charge < -0.3 is 15.5 Å². The Morgan fingerprint density at radius 2 is 1.96 bits per heavy atom. The van der Waals surface area contributed by atoms with Crippen molar-refractivity contribution in [3.63, 3.8) is 0 Å².